The summed E-state index contributed by atoms with van der Waals surface area (Å²) >= 11 is 1.25. The van der Waals surface area contributed by atoms with Crippen molar-refractivity contribution in [3.63, 3.8) is 0 Å². The third kappa shape index (κ3) is 4.78. The van der Waals surface area contributed by atoms with E-state index in [1.807, 2.05) is 6.92 Å². The van der Waals surface area contributed by atoms with Crippen molar-refractivity contribution >= 4 is 22.8 Å². The number of thioether (sulfide) groups is 1. The van der Waals surface area contributed by atoms with Gasteiger partial charge in [0, 0.05) is 20.0 Å². The summed E-state index contributed by atoms with van der Waals surface area (Å²) in [5, 5.41) is 9.66. The first-order valence-electron chi connectivity index (χ1n) is 9.51. The van der Waals surface area contributed by atoms with Gasteiger partial charge in [-0.05, 0) is 19.8 Å². The highest BCUT2D eigenvalue weighted by atomic mass is 32.2. The Hall–Kier alpha value is -2.14. The van der Waals surface area contributed by atoms with E-state index in [9.17, 15) is 14.9 Å². The Kier molecular flexibility index (Phi) is 7.60. The van der Waals surface area contributed by atoms with Crippen LogP contribution in [0, 0.1) is 11.3 Å². The number of rotatable bonds is 9. The third-order valence-electron chi connectivity index (χ3n) is 4.37. The van der Waals surface area contributed by atoms with Crippen molar-refractivity contribution in [1.82, 2.24) is 19.1 Å². The maximum absolute atomic E-state index is 12.8. The van der Waals surface area contributed by atoms with Gasteiger partial charge in [-0.1, -0.05) is 44.9 Å². The van der Waals surface area contributed by atoms with Crippen LogP contribution >= 0.6 is 11.8 Å². The third-order valence-corrected chi connectivity index (χ3v) is 5.34. The molecule has 0 aliphatic carbocycles. The monoisotopic (exact) mass is 389 g/mol. The second-order valence-corrected chi connectivity index (χ2v) is 7.97. The van der Waals surface area contributed by atoms with E-state index >= 15 is 0 Å². The van der Waals surface area contributed by atoms with E-state index in [-0.39, 0.29) is 10.9 Å². The minimum atomic E-state index is -0.410. The molecule has 27 heavy (non-hydrogen) atoms. The Morgan fingerprint density at radius 1 is 1.15 bits per heavy atom. The molecule has 2 heterocycles. The van der Waals surface area contributed by atoms with Crippen LogP contribution in [0.2, 0.25) is 0 Å². The lowest BCUT2D eigenvalue weighted by Gasteiger charge is -2.14. The Balaban J connectivity index is 2.68. The van der Waals surface area contributed by atoms with Crippen molar-refractivity contribution in [2.75, 3.05) is 0 Å². The predicted molar refractivity (Wildman–Crippen MR) is 108 cm³/mol. The van der Waals surface area contributed by atoms with Crippen LogP contribution in [0.5, 0.6) is 0 Å². The summed E-state index contributed by atoms with van der Waals surface area (Å²) in [5.74, 6) is 0.628. The molecule has 2 aromatic rings. The number of hydrogen-bond acceptors (Lipinski definition) is 6. The van der Waals surface area contributed by atoms with Gasteiger partial charge in [-0.25, -0.2) is 14.8 Å². The van der Waals surface area contributed by atoms with Crippen molar-refractivity contribution in [2.45, 2.75) is 76.1 Å². The summed E-state index contributed by atoms with van der Waals surface area (Å²) in [5.41, 5.74) is -0.389. The number of unbranched alkanes of at least 4 members (excludes halogenated alkanes) is 3. The van der Waals surface area contributed by atoms with Gasteiger partial charge in [-0.2, -0.15) is 5.26 Å². The van der Waals surface area contributed by atoms with E-state index in [2.05, 4.69) is 23.0 Å². The minimum Gasteiger partial charge on any atom is -0.277 e. The second-order valence-electron chi connectivity index (χ2n) is 6.64. The molecule has 0 amide bonds. The predicted octanol–water partition coefficient (Wildman–Crippen LogP) is 3.03. The maximum atomic E-state index is 12.8. The zero-order chi connectivity index (χ0) is 20.0. The molecule has 8 heteroatoms. The highest BCUT2D eigenvalue weighted by Crippen LogP contribution is 2.26. The topological polar surface area (TPSA) is 93.6 Å². The van der Waals surface area contributed by atoms with Crippen LogP contribution in [-0.2, 0) is 20.0 Å². The Bertz CT molecular complexity index is 958. The molecule has 1 atom stereocenters. The lowest BCUT2D eigenvalue weighted by molar-refractivity contribution is 0.602. The van der Waals surface area contributed by atoms with Gasteiger partial charge in [-0.15, -0.1) is 0 Å². The average molecular weight is 390 g/mol. The number of aromatic nitrogens is 4. The fraction of sp³-hybridized carbons (Fsp3) is 0.632. The zero-order valence-electron chi connectivity index (χ0n) is 16.5. The van der Waals surface area contributed by atoms with Crippen molar-refractivity contribution in [2.24, 2.45) is 7.05 Å². The summed E-state index contributed by atoms with van der Waals surface area (Å²) in [6.07, 6.45) is 5.79. The molecule has 0 aliphatic rings. The smallest absolute Gasteiger partial charge is 0.277 e. The fourth-order valence-corrected chi connectivity index (χ4v) is 3.75. The molecule has 0 N–H and O–H groups in total. The normalized spacial score (nSPS) is 12.3. The van der Waals surface area contributed by atoms with Crippen molar-refractivity contribution in [1.29, 1.82) is 5.26 Å². The van der Waals surface area contributed by atoms with Gasteiger partial charge in [0.25, 0.3) is 5.56 Å². The minimum absolute atomic E-state index is 0.329. The molecule has 0 aliphatic heterocycles. The standard InChI is InChI=1S/C19H27N5O2S/c1-5-7-8-9-10-14-21-16-15(17(22-14)27-13(3)12-20)18(25)23(4)19(26)24(16)11-6-2/h13H,5-11H2,1-4H3/t13-/m0/s1. The number of hydrogen-bond donors (Lipinski definition) is 0. The molecular formula is C19H27N5O2S. The molecule has 0 saturated carbocycles. The van der Waals surface area contributed by atoms with Crippen LogP contribution in [0.15, 0.2) is 14.6 Å². The van der Waals surface area contributed by atoms with Crippen LogP contribution in [0.25, 0.3) is 11.0 Å². The highest BCUT2D eigenvalue weighted by molar-refractivity contribution is 8.00. The van der Waals surface area contributed by atoms with Crippen molar-refractivity contribution in [3.8, 4) is 6.07 Å². The van der Waals surface area contributed by atoms with E-state index in [0.29, 0.717) is 34.8 Å². The van der Waals surface area contributed by atoms with Crippen LogP contribution in [0.1, 0.15) is 58.7 Å². The first kappa shape index (κ1) is 21.2. The van der Waals surface area contributed by atoms with E-state index in [0.717, 1.165) is 36.7 Å². The van der Waals surface area contributed by atoms with Crippen LogP contribution < -0.4 is 11.2 Å². The molecule has 0 fully saturated rings. The van der Waals surface area contributed by atoms with Gasteiger partial charge in [-0.3, -0.25) is 13.9 Å². The van der Waals surface area contributed by atoms with Crippen LogP contribution in [-0.4, -0.2) is 24.4 Å². The Morgan fingerprint density at radius 3 is 2.52 bits per heavy atom. The number of nitrogens with zero attached hydrogens (tertiary/aromatic N) is 5. The van der Waals surface area contributed by atoms with Gasteiger partial charge in [0.15, 0.2) is 5.65 Å². The number of aryl methyl sites for hydroxylation is 2. The lowest BCUT2D eigenvalue weighted by atomic mass is 10.1. The average Bonchev–Trinajstić information content (AvgIpc) is 2.66. The number of nitriles is 1. The molecule has 0 bridgehead atoms. The van der Waals surface area contributed by atoms with Gasteiger partial charge < -0.3 is 0 Å². The van der Waals surface area contributed by atoms with Gasteiger partial charge in [0.05, 0.1) is 11.3 Å². The molecule has 7 nitrogen and oxygen atoms in total. The largest absolute Gasteiger partial charge is 0.332 e. The molecular weight excluding hydrogens is 362 g/mol. The van der Waals surface area contributed by atoms with Crippen molar-refractivity contribution < 1.29 is 0 Å². The molecule has 146 valence electrons. The first-order chi connectivity index (χ1) is 12.9. The molecule has 0 radical (unpaired) electrons. The van der Waals surface area contributed by atoms with Gasteiger partial charge in [0.2, 0.25) is 0 Å². The first-order valence-corrected chi connectivity index (χ1v) is 10.4. The summed E-state index contributed by atoms with van der Waals surface area (Å²) < 4.78 is 2.65. The van der Waals surface area contributed by atoms with E-state index in [1.165, 1.54) is 18.8 Å². The van der Waals surface area contributed by atoms with E-state index in [1.54, 1.807) is 11.5 Å². The summed E-state index contributed by atoms with van der Waals surface area (Å²) in [6.45, 7) is 6.38. The molecule has 0 spiro atoms. The summed E-state index contributed by atoms with van der Waals surface area (Å²) in [6, 6.07) is 2.17. The molecule has 0 aromatic carbocycles. The molecule has 2 aromatic heterocycles. The zero-order valence-corrected chi connectivity index (χ0v) is 17.3. The Labute approximate surface area is 163 Å². The second kappa shape index (κ2) is 9.70. The summed E-state index contributed by atoms with van der Waals surface area (Å²) in [4.78, 5) is 34.6. The molecule has 0 saturated heterocycles. The maximum Gasteiger partial charge on any atom is 0.332 e. The van der Waals surface area contributed by atoms with Crippen molar-refractivity contribution in [3.05, 3.63) is 26.7 Å². The Morgan fingerprint density at radius 2 is 1.89 bits per heavy atom. The number of fused-ring (bicyclic) bond motifs is 1. The van der Waals surface area contributed by atoms with Crippen LogP contribution in [0.3, 0.4) is 0 Å². The summed E-state index contributed by atoms with van der Waals surface area (Å²) in [7, 11) is 1.47. The van der Waals surface area contributed by atoms with Gasteiger partial charge >= 0.3 is 5.69 Å². The lowest BCUT2D eigenvalue weighted by Crippen LogP contribution is -2.39. The van der Waals surface area contributed by atoms with E-state index < -0.39 is 5.56 Å². The van der Waals surface area contributed by atoms with Crippen LogP contribution in [0.4, 0.5) is 0 Å². The molecule has 0 unspecified atom stereocenters. The SMILES string of the molecule is CCCCCCc1nc(S[C@@H](C)C#N)c2c(=O)n(C)c(=O)n(CCC)c2n1. The van der Waals surface area contributed by atoms with E-state index in [4.69, 9.17) is 0 Å². The quantitative estimate of drug-likeness (QED) is 0.372. The molecule has 2 rings (SSSR count). The highest BCUT2D eigenvalue weighted by Gasteiger charge is 2.20. The van der Waals surface area contributed by atoms with Gasteiger partial charge in [0.1, 0.15) is 16.2 Å². The fourth-order valence-electron chi connectivity index (χ4n) is 2.91.